The van der Waals surface area contributed by atoms with Gasteiger partial charge < -0.3 is 19.3 Å². The molecule has 0 atom stereocenters. The third kappa shape index (κ3) is 6.20. The van der Waals surface area contributed by atoms with Gasteiger partial charge in [0.2, 0.25) is 0 Å². The normalized spacial score (nSPS) is 9.82. The van der Waals surface area contributed by atoms with Gasteiger partial charge in [0.25, 0.3) is 0 Å². The van der Waals surface area contributed by atoms with Crippen molar-refractivity contribution in [3.8, 4) is 11.5 Å². The van der Waals surface area contributed by atoms with E-state index in [-0.39, 0.29) is 36.3 Å². The van der Waals surface area contributed by atoms with E-state index in [1.807, 2.05) is 38.0 Å². The molecule has 0 bridgehead atoms. The van der Waals surface area contributed by atoms with E-state index in [0.29, 0.717) is 11.3 Å². The Labute approximate surface area is 146 Å². The highest BCUT2D eigenvalue weighted by Gasteiger charge is 2.12. The maximum atomic E-state index is 12.5. The van der Waals surface area contributed by atoms with E-state index in [1.54, 1.807) is 12.1 Å². The second-order valence-electron chi connectivity index (χ2n) is 4.76. The van der Waals surface area contributed by atoms with E-state index in [1.165, 1.54) is 13.2 Å². The van der Waals surface area contributed by atoms with Gasteiger partial charge in [-0.15, -0.1) is 24.0 Å². The van der Waals surface area contributed by atoms with Crippen LogP contribution in [0.25, 0.3) is 0 Å². The molecule has 0 heterocycles. The molecule has 0 aliphatic rings. The molecule has 0 spiro atoms. The average Bonchev–Trinajstić information content (AvgIpc) is 2.38. The van der Waals surface area contributed by atoms with E-state index >= 15 is 0 Å². The van der Waals surface area contributed by atoms with Crippen LogP contribution in [0.3, 0.4) is 0 Å². The molecule has 0 N–H and O–H groups in total. The molecule has 5 nitrogen and oxygen atoms in total. The average molecular weight is 429 g/mol. The van der Waals surface area contributed by atoms with Crippen molar-refractivity contribution in [1.82, 2.24) is 9.80 Å². The molecule has 0 aliphatic carbocycles. The predicted octanol–water partition coefficient (Wildman–Crippen LogP) is 2.89. The summed E-state index contributed by atoms with van der Waals surface area (Å²) < 4.78 is 34.5. The van der Waals surface area contributed by atoms with Crippen LogP contribution in [0.15, 0.2) is 23.2 Å². The molecule has 126 valence electrons. The van der Waals surface area contributed by atoms with Gasteiger partial charge in [0.1, 0.15) is 11.5 Å². The number of rotatable bonds is 5. The fourth-order valence-corrected chi connectivity index (χ4v) is 1.84. The smallest absolute Gasteiger partial charge is 0.387 e. The lowest BCUT2D eigenvalue weighted by Gasteiger charge is -2.22. The van der Waals surface area contributed by atoms with Crippen molar-refractivity contribution in [3.05, 3.63) is 23.8 Å². The summed E-state index contributed by atoms with van der Waals surface area (Å²) in [6, 6.07) is 4.79. The van der Waals surface area contributed by atoms with Gasteiger partial charge in [-0.2, -0.15) is 8.78 Å². The minimum absolute atomic E-state index is 0. The van der Waals surface area contributed by atoms with E-state index in [4.69, 9.17) is 4.74 Å². The first kappa shape index (κ1) is 20.7. The summed E-state index contributed by atoms with van der Waals surface area (Å²) in [6.07, 6.45) is 0. The van der Waals surface area contributed by atoms with E-state index in [0.717, 1.165) is 5.96 Å². The van der Waals surface area contributed by atoms with Crippen LogP contribution < -0.4 is 9.47 Å². The van der Waals surface area contributed by atoms with Gasteiger partial charge in [-0.05, 0) is 12.1 Å². The number of aliphatic imine (C=N–C) groups is 1. The molecular weight excluding hydrogens is 407 g/mol. The van der Waals surface area contributed by atoms with Gasteiger partial charge in [0.05, 0.1) is 13.7 Å². The molecule has 22 heavy (non-hydrogen) atoms. The molecule has 1 rings (SSSR count). The Morgan fingerprint density at radius 1 is 1.18 bits per heavy atom. The first-order valence-corrected chi connectivity index (χ1v) is 6.36. The van der Waals surface area contributed by atoms with Crippen LogP contribution in [0.1, 0.15) is 5.56 Å². The van der Waals surface area contributed by atoms with E-state index < -0.39 is 6.61 Å². The Morgan fingerprint density at radius 3 is 2.23 bits per heavy atom. The zero-order valence-corrected chi connectivity index (χ0v) is 15.7. The van der Waals surface area contributed by atoms with Gasteiger partial charge in [-0.3, -0.25) is 0 Å². The monoisotopic (exact) mass is 429 g/mol. The highest BCUT2D eigenvalue weighted by atomic mass is 127. The Morgan fingerprint density at radius 2 is 1.77 bits per heavy atom. The third-order valence-corrected chi connectivity index (χ3v) is 2.68. The van der Waals surface area contributed by atoms with Crippen LogP contribution in [-0.4, -0.2) is 57.7 Å². The highest BCUT2D eigenvalue weighted by molar-refractivity contribution is 14.0. The Kier molecular flexibility index (Phi) is 9.07. The molecule has 1 aromatic carbocycles. The maximum Gasteiger partial charge on any atom is 0.387 e. The number of methoxy groups -OCH3 is 1. The summed E-state index contributed by atoms with van der Waals surface area (Å²) in [5.74, 6) is 1.26. The molecule has 0 radical (unpaired) electrons. The fourth-order valence-electron chi connectivity index (χ4n) is 1.84. The van der Waals surface area contributed by atoms with Gasteiger partial charge in [0, 0.05) is 39.8 Å². The van der Waals surface area contributed by atoms with Crippen molar-refractivity contribution in [2.75, 3.05) is 35.3 Å². The van der Waals surface area contributed by atoms with Crippen molar-refractivity contribution in [2.45, 2.75) is 13.2 Å². The number of nitrogens with zero attached hydrogens (tertiary/aromatic N) is 3. The summed E-state index contributed by atoms with van der Waals surface area (Å²) in [5.41, 5.74) is 0.567. The Balaban J connectivity index is 0.00000441. The molecule has 8 heteroatoms. The van der Waals surface area contributed by atoms with Gasteiger partial charge in [-0.25, -0.2) is 4.99 Å². The molecule has 0 unspecified atom stereocenters. The van der Waals surface area contributed by atoms with E-state index in [2.05, 4.69) is 9.73 Å². The van der Waals surface area contributed by atoms with Gasteiger partial charge in [0.15, 0.2) is 5.96 Å². The number of halogens is 3. The molecule has 0 saturated heterocycles. The van der Waals surface area contributed by atoms with Crippen molar-refractivity contribution in [3.63, 3.8) is 0 Å². The lowest BCUT2D eigenvalue weighted by molar-refractivity contribution is -0.0505. The van der Waals surface area contributed by atoms with Crippen LogP contribution in [0.4, 0.5) is 8.78 Å². The van der Waals surface area contributed by atoms with Crippen LogP contribution >= 0.6 is 24.0 Å². The first-order chi connectivity index (χ1) is 9.85. The van der Waals surface area contributed by atoms with E-state index in [9.17, 15) is 8.78 Å². The maximum absolute atomic E-state index is 12.5. The molecule has 1 aromatic rings. The largest absolute Gasteiger partial charge is 0.497 e. The number of benzene rings is 1. The van der Waals surface area contributed by atoms with Crippen LogP contribution in [0.2, 0.25) is 0 Å². The topological polar surface area (TPSA) is 37.3 Å². The van der Waals surface area contributed by atoms with Gasteiger partial charge >= 0.3 is 6.61 Å². The second kappa shape index (κ2) is 9.65. The highest BCUT2D eigenvalue weighted by Crippen LogP contribution is 2.27. The number of guanidine groups is 1. The summed E-state index contributed by atoms with van der Waals surface area (Å²) in [6.45, 7) is -2.65. The number of hydrogen-bond donors (Lipinski definition) is 0. The molecule has 0 amide bonds. The molecule has 0 aromatic heterocycles. The van der Waals surface area contributed by atoms with Crippen molar-refractivity contribution in [2.24, 2.45) is 4.99 Å². The Hall–Kier alpha value is -1.32. The zero-order valence-electron chi connectivity index (χ0n) is 13.3. The first-order valence-electron chi connectivity index (χ1n) is 6.36. The summed E-state index contributed by atoms with van der Waals surface area (Å²) in [4.78, 5) is 8.11. The molecule has 0 saturated carbocycles. The quantitative estimate of drug-likeness (QED) is 0.410. The van der Waals surface area contributed by atoms with Crippen LogP contribution in [-0.2, 0) is 6.54 Å². The summed E-state index contributed by atoms with van der Waals surface area (Å²) >= 11 is 0. The number of hydrogen-bond acceptors (Lipinski definition) is 3. The molecular formula is C14H22F2IN3O2. The van der Waals surface area contributed by atoms with Crippen molar-refractivity contribution >= 4 is 29.9 Å². The standard InChI is InChI=1S/C14H21F2N3O2.HI/c1-18(2)14(19(3)4)17-9-10-6-7-11(20-5)8-12(10)21-13(15)16;/h6-8,13H,9H2,1-5H3;1H. The number of alkyl halides is 2. The van der Waals surface area contributed by atoms with Crippen molar-refractivity contribution < 1.29 is 18.3 Å². The lowest BCUT2D eigenvalue weighted by atomic mass is 10.2. The predicted molar refractivity (Wildman–Crippen MR) is 93.6 cm³/mol. The van der Waals surface area contributed by atoms with Crippen LogP contribution in [0, 0.1) is 0 Å². The molecule has 0 fully saturated rings. The minimum Gasteiger partial charge on any atom is -0.497 e. The lowest BCUT2D eigenvalue weighted by Crippen LogP contribution is -2.35. The minimum atomic E-state index is -2.89. The summed E-state index contributed by atoms with van der Waals surface area (Å²) in [5, 5.41) is 0. The van der Waals surface area contributed by atoms with Gasteiger partial charge in [-0.1, -0.05) is 0 Å². The van der Waals surface area contributed by atoms with Crippen molar-refractivity contribution in [1.29, 1.82) is 0 Å². The fraction of sp³-hybridized carbons (Fsp3) is 0.500. The summed E-state index contributed by atoms with van der Waals surface area (Å²) in [7, 11) is 8.93. The Bertz CT molecular complexity index is 487. The third-order valence-electron chi connectivity index (χ3n) is 2.68. The number of ether oxygens (including phenoxy) is 2. The SMILES string of the molecule is COc1ccc(CN=C(N(C)C)N(C)C)c(OC(F)F)c1.I. The second-order valence-corrected chi connectivity index (χ2v) is 4.76. The van der Waals surface area contributed by atoms with Crippen LogP contribution in [0.5, 0.6) is 11.5 Å². The zero-order chi connectivity index (χ0) is 16.0. The molecule has 0 aliphatic heterocycles.